The van der Waals surface area contributed by atoms with Crippen molar-refractivity contribution in [2.75, 3.05) is 41.7 Å². The third-order valence-corrected chi connectivity index (χ3v) is 8.08. The number of benzene rings is 4. The van der Waals surface area contributed by atoms with Gasteiger partial charge in [-0.1, -0.05) is 72.8 Å². The predicted octanol–water partition coefficient (Wildman–Crippen LogP) is 8.84. The molecular weight excluding hydrogens is 591 g/mol. The Morgan fingerprint density at radius 1 is 0.556 bits per heavy atom. The average Bonchev–Trinajstić information content (AvgIpc) is 3.08. The standard InChI is InChI=1S/C16H16O2.C11H17O3P.C9H10O3/c1-17-15-10-14(11-16(12-15)18-2)9-8-13-6-4-3-5-7-13;1-3-13-15(12,14-4-2)10-11-8-6-5-7-9-11;1-11-8-3-7(6-10)4-9(5-8)12-2/h3-12H,1-2H3;5-9H,3-4,10H2,1-2H3;3-6H,1-2H3/b9-8+;;. The molecule has 0 fully saturated rings. The SMILES string of the molecule is CCOP(=O)(Cc1ccccc1)OCC.COc1cc(/C=C/c2ccccc2)cc(OC)c1.COc1cc(C=O)cc(OC)c1. The molecule has 4 aromatic rings. The summed E-state index contributed by atoms with van der Waals surface area (Å²) in [6, 6.07) is 30.6. The minimum atomic E-state index is -2.94. The normalized spacial score (nSPS) is 10.5. The Kier molecular flexibility index (Phi) is 16.8. The van der Waals surface area contributed by atoms with Gasteiger partial charge >= 0.3 is 7.60 Å². The summed E-state index contributed by atoms with van der Waals surface area (Å²) < 4.78 is 42.9. The number of carbonyl (C=O) groups is 1. The van der Waals surface area contributed by atoms with Crippen molar-refractivity contribution in [1.82, 2.24) is 0 Å². The molecule has 0 atom stereocenters. The smallest absolute Gasteiger partial charge is 0.335 e. The van der Waals surface area contributed by atoms with E-state index < -0.39 is 7.60 Å². The minimum absolute atomic E-state index is 0.343. The molecule has 240 valence electrons. The van der Waals surface area contributed by atoms with Crippen LogP contribution in [0.3, 0.4) is 0 Å². The second-order valence-corrected chi connectivity index (χ2v) is 11.3. The van der Waals surface area contributed by atoms with Crippen LogP contribution in [0, 0.1) is 0 Å². The van der Waals surface area contributed by atoms with E-state index in [-0.39, 0.29) is 0 Å². The van der Waals surface area contributed by atoms with Gasteiger partial charge < -0.3 is 28.0 Å². The third-order valence-electron chi connectivity index (χ3n) is 6.02. The van der Waals surface area contributed by atoms with Crippen molar-refractivity contribution in [2.24, 2.45) is 0 Å². The molecule has 0 spiro atoms. The van der Waals surface area contributed by atoms with E-state index in [0.717, 1.165) is 28.9 Å². The van der Waals surface area contributed by atoms with Crippen LogP contribution in [0.25, 0.3) is 12.2 Å². The summed E-state index contributed by atoms with van der Waals surface area (Å²) in [4.78, 5) is 10.4. The maximum atomic E-state index is 12.1. The minimum Gasteiger partial charge on any atom is -0.497 e. The van der Waals surface area contributed by atoms with Crippen LogP contribution in [0.5, 0.6) is 23.0 Å². The Labute approximate surface area is 267 Å². The summed E-state index contributed by atoms with van der Waals surface area (Å²) in [6.45, 7) is 4.45. The van der Waals surface area contributed by atoms with Gasteiger partial charge in [0.2, 0.25) is 0 Å². The maximum absolute atomic E-state index is 12.1. The zero-order chi connectivity index (χ0) is 32.9. The summed E-state index contributed by atoms with van der Waals surface area (Å²) in [7, 11) is 3.45. The van der Waals surface area contributed by atoms with Crippen LogP contribution < -0.4 is 18.9 Å². The molecular formula is C36H43O8P. The number of ether oxygens (including phenoxy) is 4. The Balaban J connectivity index is 0.000000240. The fourth-order valence-corrected chi connectivity index (χ4v) is 5.61. The fourth-order valence-electron chi connectivity index (χ4n) is 3.91. The number of rotatable bonds is 13. The molecule has 0 saturated carbocycles. The summed E-state index contributed by atoms with van der Waals surface area (Å²) in [5.74, 6) is 2.83. The lowest BCUT2D eigenvalue weighted by Gasteiger charge is -2.16. The topological polar surface area (TPSA) is 89.5 Å². The van der Waals surface area contributed by atoms with E-state index in [2.05, 4.69) is 18.2 Å². The van der Waals surface area contributed by atoms with Gasteiger partial charge in [-0.3, -0.25) is 9.36 Å². The third kappa shape index (κ3) is 13.9. The maximum Gasteiger partial charge on any atom is 0.335 e. The summed E-state index contributed by atoms with van der Waals surface area (Å²) in [5.41, 5.74) is 3.74. The van der Waals surface area contributed by atoms with Crippen LogP contribution in [0.4, 0.5) is 0 Å². The Hall–Kier alpha value is -4.36. The molecule has 0 aliphatic carbocycles. The van der Waals surface area contributed by atoms with Gasteiger partial charge in [-0.15, -0.1) is 0 Å². The quantitative estimate of drug-likeness (QED) is 0.0819. The molecule has 0 radical (unpaired) electrons. The van der Waals surface area contributed by atoms with Crippen LogP contribution in [-0.2, 0) is 19.8 Å². The van der Waals surface area contributed by atoms with E-state index in [1.807, 2.05) is 86.7 Å². The first-order chi connectivity index (χ1) is 21.8. The monoisotopic (exact) mass is 634 g/mol. The van der Waals surface area contributed by atoms with Gasteiger partial charge in [0, 0.05) is 17.7 Å². The molecule has 0 amide bonds. The second-order valence-electron chi connectivity index (χ2n) is 9.24. The summed E-state index contributed by atoms with van der Waals surface area (Å²) in [5, 5.41) is 0. The van der Waals surface area contributed by atoms with E-state index in [1.54, 1.807) is 46.6 Å². The second kappa shape index (κ2) is 20.6. The molecule has 9 heteroatoms. The van der Waals surface area contributed by atoms with E-state index in [4.69, 9.17) is 28.0 Å². The van der Waals surface area contributed by atoms with Gasteiger partial charge in [-0.05, 0) is 54.8 Å². The zero-order valence-electron chi connectivity index (χ0n) is 26.8. The molecule has 0 aliphatic heterocycles. The van der Waals surface area contributed by atoms with E-state index in [9.17, 15) is 9.36 Å². The largest absolute Gasteiger partial charge is 0.497 e. The number of aldehydes is 1. The fraction of sp³-hybridized carbons (Fsp3) is 0.250. The molecule has 0 bridgehead atoms. The van der Waals surface area contributed by atoms with Gasteiger partial charge in [0.05, 0.1) is 47.8 Å². The van der Waals surface area contributed by atoms with Crippen LogP contribution >= 0.6 is 7.60 Å². The Morgan fingerprint density at radius 2 is 0.956 bits per heavy atom. The van der Waals surface area contributed by atoms with Crippen LogP contribution in [0.2, 0.25) is 0 Å². The number of hydrogen-bond donors (Lipinski definition) is 0. The average molecular weight is 635 g/mol. The van der Waals surface area contributed by atoms with E-state index >= 15 is 0 Å². The Bertz CT molecular complexity index is 1440. The lowest BCUT2D eigenvalue weighted by molar-refractivity contribution is 0.112. The van der Waals surface area contributed by atoms with Crippen LogP contribution in [-0.4, -0.2) is 47.9 Å². The van der Waals surface area contributed by atoms with Crippen molar-refractivity contribution in [3.8, 4) is 23.0 Å². The van der Waals surface area contributed by atoms with Crippen molar-refractivity contribution in [2.45, 2.75) is 20.0 Å². The first-order valence-electron chi connectivity index (χ1n) is 14.4. The molecule has 8 nitrogen and oxygen atoms in total. The van der Waals surface area contributed by atoms with Gasteiger partial charge in [0.15, 0.2) is 0 Å². The first kappa shape index (κ1) is 36.8. The van der Waals surface area contributed by atoms with Crippen molar-refractivity contribution in [3.63, 3.8) is 0 Å². The molecule has 4 rings (SSSR count). The number of hydrogen-bond acceptors (Lipinski definition) is 8. The van der Waals surface area contributed by atoms with Gasteiger partial charge in [0.1, 0.15) is 29.3 Å². The molecule has 45 heavy (non-hydrogen) atoms. The first-order valence-corrected chi connectivity index (χ1v) is 16.1. The molecule has 0 aliphatic rings. The summed E-state index contributed by atoms with van der Waals surface area (Å²) >= 11 is 0. The zero-order valence-corrected chi connectivity index (χ0v) is 27.7. The molecule has 0 unspecified atom stereocenters. The molecule has 0 N–H and O–H groups in total. The van der Waals surface area contributed by atoms with E-state index in [1.165, 1.54) is 5.56 Å². The van der Waals surface area contributed by atoms with Crippen molar-refractivity contribution < 1.29 is 37.4 Å². The van der Waals surface area contributed by atoms with Crippen LogP contribution in [0.1, 0.15) is 40.9 Å². The van der Waals surface area contributed by atoms with Crippen LogP contribution in [0.15, 0.2) is 97.1 Å². The van der Waals surface area contributed by atoms with Gasteiger partial charge in [-0.25, -0.2) is 0 Å². The summed E-state index contributed by atoms with van der Waals surface area (Å²) in [6.07, 6.45) is 5.20. The highest BCUT2D eigenvalue weighted by Gasteiger charge is 2.23. The van der Waals surface area contributed by atoms with Gasteiger partial charge in [0.25, 0.3) is 0 Å². The highest BCUT2D eigenvalue weighted by Crippen LogP contribution is 2.51. The van der Waals surface area contributed by atoms with E-state index in [0.29, 0.717) is 36.4 Å². The van der Waals surface area contributed by atoms with Gasteiger partial charge in [-0.2, -0.15) is 0 Å². The molecule has 0 heterocycles. The van der Waals surface area contributed by atoms with Crippen molar-refractivity contribution in [3.05, 3.63) is 119 Å². The van der Waals surface area contributed by atoms with Crippen molar-refractivity contribution in [1.29, 1.82) is 0 Å². The highest BCUT2D eigenvalue weighted by atomic mass is 31.2. The molecule has 4 aromatic carbocycles. The lowest BCUT2D eigenvalue weighted by Crippen LogP contribution is -1.98. The Morgan fingerprint density at radius 3 is 1.36 bits per heavy atom. The number of carbonyl (C=O) groups excluding carboxylic acids is 1. The number of methoxy groups -OCH3 is 4. The highest BCUT2D eigenvalue weighted by molar-refractivity contribution is 7.53. The lowest BCUT2D eigenvalue weighted by atomic mass is 10.1. The van der Waals surface area contributed by atoms with Crippen molar-refractivity contribution >= 4 is 26.0 Å². The predicted molar refractivity (Wildman–Crippen MR) is 181 cm³/mol. The molecule has 0 saturated heterocycles. The molecule has 0 aromatic heterocycles.